The van der Waals surface area contributed by atoms with E-state index < -0.39 is 0 Å². The average Bonchev–Trinajstić information content (AvgIpc) is 2.15. The molecule has 0 saturated carbocycles. The number of nitrogens with one attached hydrogen (secondary N) is 1. The number of aromatic nitrogens is 1. The molecule has 1 rings (SSSR count). The fraction of sp³-hybridized carbons (Fsp3) is 0.333. The van der Waals surface area contributed by atoms with Gasteiger partial charge in [0, 0.05) is 18.7 Å². The summed E-state index contributed by atoms with van der Waals surface area (Å²) in [4.78, 5) is 11.3. The van der Waals surface area contributed by atoms with Crippen molar-refractivity contribution in [1.82, 2.24) is 5.32 Å². The maximum Gasteiger partial charge on any atom is 0.251 e. The van der Waals surface area contributed by atoms with Gasteiger partial charge in [0.15, 0.2) is 12.4 Å². The largest absolute Gasteiger partial charge is 1.00 e. The molecule has 0 unspecified atom stereocenters. The molecule has 0 saturated heterocycles. The summed E-state index contributed by atoms with van der Waals surface area (Å²) in [6.07, 6.45) is 3.60. The van der Waals surface area contributed by atoms with Gasteiger partial charge in [-0.05, 0) is 0 Å². The number of aliphatic hydroxyl groups is 1. The molecule has 4 nitrogen and oxygen atoms in total. The van der Waals surface area contributed by atoms with Crippen molar-refractivity contribution in [2.24, 2.45) is 7.05 Å². The van der Waals surface area contributed by atoms with E-state index in [1.165, 1.54) is 0 Å². The van der Waals surface area contributed by atoms with Gasteiger partial charge in [-0.15, -0.1) is 0 Å². The number of aliphatic hydroxyl groups excluding tert-OH is 1. The van der Waals surface area contributed by atoms with Gasteiger partial charge in [0.25, 0.3) is 5.91 Å². The number of rotatable bonds is 3. The van der Waals surface area contributed by atoms with E-state index in [2.05, 4.69) is 5.32 Å². The molecule has 78 valence electrons. The molecule has 1 aromatic heterocycles. The lowest BCUT2D eigenvalue weighted by atomic mass is 10.2. The van der Waals surface area contributed by atoms with Crippen molar-refractivity contribution in [1.29, 1.82) is 0 Å². The first-order chi connectivity index (χ1) is 6.24. The standard InChI is InChI=1S/C9H12N2O2.HI/c1-11-5-2-8(3-6-11)9(13)10-4-7-12;/h2-3,5-6,12H,4,7H2,1H3;1H. The predicted molar refractivity (Wildman–Crippen MR) is 47.0 cm³/mol. The van der Waals surface area contributed by atoms with Gasteiger partial charge in [-0.3, -0.25) is 4.79 Å². The van der Waals surface area contributed by atoms with Crippen LogP contribution in [0.5, 0.6) is 0 Å². The summed E-state index contributed by atoms with van der Waals surface area (Å²) in [7, 11) is 1.88. The Balaban J connectivity index is 0.00000169. The highest BCUT2D eigenvalue weighted by molar-refractivity contribution is 5.93. The van der Waals surface area contributed by atoms with E-state index in [1.807, 2.05) is 11.6 Å². The van der Waals surface area contributed by atoms with Crippen molar-refractivity contribution >= 4 is 5.91 Å². The van der Waals surface area contributed by atoms with Crippen molar-refractivity contribution in [2.45, 2.75) is 0 Å². The molecule has 0 aliphatic heterocycles. The van der Waals surface area contributed by atoms with E-state index in [1.54, 1.807) is 24.5 Å². The summed E-state index contributed by atoms with van der Waals surface area (Å²) in [5, 5.41) is 11.1. The maximum atomic E-state index is 11.3. The number of pyridine rings is 1. The van der Waals surface area contributed by atoms with Gasteiger partial charge in [0.1, 0.15) is 7.05 Å². The Labute approximate surface area is 100.0 Å². The van der Waals surface area contributed by atoms with E-state index in [4.69, 9.17) is 5.11 Å². The zero-order valence-corrected chi connectivity index (χ0v) is 10.1. The van der Waals surface area contributed by atoms with Gasteiger partial charge < -0.3 is 34.4 Å². The first-order valence-electron chi connectivity index (χ1n) is 4.08. The molecular formula is C9H13IN2O2. The molecule has 0 atom stereocenters. The van der Waals surface area contributed by atoms with E-state index in [0.717, 1.165) is 0 Å². The second-order valence-electron chi connectivity index (χ2n) is 2.73. The lowest BCUT2D eigenvalue weighted by molar-refractivity contribution is -0.671. The molecule has 0 spiro atoms. The number of carbonyl (C=O) groups is 1. The highest BCUT2D eigenvalue weighted by Crippen LogP contribution is 1.93. The smallest absolute Gasteiger partial charge is 0.251 e. The number of aryl methyl sites for hydroxylation is 1. The van der Waals surface area contributed by atoms with Crippen LogP contribution in [0.15, 0.2) is 24.5 Å². The summed E-state index contributed by atoms with van der Waals surface area (Å²) in [5.41, 5.74) is 0.603. The third-order valence-electron chi connectivity index (χ3n) is 1.64. The summed E-state index contributed by atoms with van der Waals surface area (Å²) in [6.45, 7) is 0.256. The topological polar surface area (TPSA) is 53.2 Å². The first-order valence-corrected chi connectivity index (χ1v) is 4.08. The SMILES string of the molecule is C[n+]1ccc(C(=O)NCCO)cc1.[I-]. The van der Waals surface area contributed by atoms with Crippen LogP contribution < -0.4 is 33.9 Å². The van der Waals surface area contributed by atoms with Crippen LogP contribution in [0.25, 0.3) is 0 Å². The minimum atomic E-state index is -0.158. The molecule has 0 fully saturated rings. The Morgan fingerprint density at radius 1 is 1.50 bits per heavy atom. The Morgan fingerprint density at radius 3 is 2.57 bits per heavy atom. The molecule has 0 aliphatic carbocycles. The molecule has 0 aliphatic rings. The monoisotopic (exact) mass is 308 g/mol. The van der Waals surface area contributed by atoms with Crippen LogP contribution in [0.3, 0.4) is 0 Å². The van der Waals surface area contributed by atoms with Crippen molar-refractivity contribution < 1.29 is 38.4 Å². The number of hydrogen-bond acceptors (Lipinski definition) is 2. The molecule has 0 aromatic carbocycles. The molecule has 0 bridgehead atoms. The lowest BCUT2D eigenvalue weighted by Gasteiger charge is -2.00. The predicted octanol–water partition coefficient (Wildman–Crippen LogP) is -3.76. The van der Waals surface area contributed by atoms with Gasteiger partial charge in [-0.25, -0.2) is 4.57 Å². The van der Waals surface area contributed by atoms with Crippen molar-refractivity contribution in [2.75, 3.05) is 13.2 Å². The van der Waals surface area contributed by atoms with Crippen LogP contribution >= 0.6 is 0 Å². The summed E-state index contributed by atoms with van der Waals surface area (Å²) < 4.78 is 1.85. The lowest BCUT2D eigenvalue weighted by Crippen LogP contribution is -3.00. The molecule has 5 heteroatoms. The van der Waals surface area contributed by atoms with E-state index >= 15 is 0 Å². The average molecular weight is 308 g/mol. The second kappa shape index (κ2) is 6.72. The Morgan fingerprint density at radius 2 is 2.07 bits per heavy atom. The Hall–Kier alpha value is -0.690. The minimum absolute atomic E-state index is 0. The second-order valence-corrected chi connectivity index (χ2v) is 2.73. The summed E-state index contributed by atoms with van der Waals surface area (Å²) in [6, 6.07) is 3.46. The number of amides is 1. The molecule has 1 aromatic rings. The number of hydrogen-bond donors (Lipinski definition) is 2. The van der Waals surface area contributed by atoms with Crippen LogP contribution in [-0.2, 0) is 7.05 Å². The summed E-state index contributed by atoms with van der Waals surface area (Å²) >= 11 is 0. The van der Waals surface area contributed by atoms with E-state index in [9.17, 15) is 4.79 Å². The molecule has 1 heterocycles. The van der Waals surface area contributed by atoms with Gasteiger partial charge in [-0.1, -0.05) is 0 Å². The van der Waals surface area contributed by atoms with E-state index in [-0.39, 0.29) is 36.5 Å². The van der Waals surface area contributed by atoms with Crippen LogP contribution in [0.1, 0.15) is 10.4 Å². The van der Waals surface area contributed by atoms with Gasteiger partial charge in [0.2, 0.25) is 0 Å². The van der Waals surface area contributed by atoms with E-state index in [0.29, 0.717) is 12.1 Å². The molecule has 1 amide bonds. The van der Waals surface area contributed by atoms with Crippen LogP contribution in [0.2, 0.25) is 0 Å². The van der Waals surface area contributed by atoms with Crippen molar-refractivity contribution in [3.63, 3.8) is 0 Å². The van der Waals surface area contributed by atoms with Crippen LogP contribution in [-0.4, -0.2) is 24.2 Å². The van der Waals surface area contributed by atoms with Crippen molar-refractivity contribution in [3.05, 3.63) is 30.1 Å². The molecule has 0 radical (unpaired) electrons. The Bertz CT molecular complexity index is 287. The highest BCUT2D eigenvalue weighted by Gasteiger charge is 2.04. The first kappa shape index (κ1) is 13.3. The van der Waals surface area contributed by atoms with Crippen LogP contribution in [0.4, 0.5) is 0 Å². The van der Waals surface area contributed by atoms with Crippen LogP contribution in [0, 0.1) is 0 Å². The van der Waals surface area contributed by atoms with Gasteiger partial charge in [0.05, 0.1) is 12.2 Å². The highest BCUT2D eigenvalue weighted by atomic mass is 127. The number of carbonyl (C=O) groups excluding carboxylic acids is 1. The molecule has 2 N–H and O–H groups in total. The fourth-order valence-corrected chi connectivity index (χ4v) is 0.924. The van der Waals surface area contributed by atoms with Gasteiger partial charge in [-0.2, -0.15) is 0 Å². The molecule has 14 heavy (non-hydrogen) atoms. The summed E-state index contributed by atoms with van der Waals surface area (Å²) in [5.74, 6) is -0.158. The Kier molecular flexibility index (Phi) is 6.39. The maximum absolute atomic E-state index is 11.3. The third kappa shape index (κ3) is 4.01. The normalized spacial score (nSPS) is 9.00. The quantitative estimate of drug-likeness (QED) is 0.445. The number of nitrogens with zero attached hydrogens (tertiary/aromatic N) is 1. The van der Waals surface area contributed by atoms with Gasteiger partial charge >= 0.3 is 0 Å². The minimum Gasteiger partial charge on any atom is -1.00 e. The number of halogens is 1. The zero-order valence-electron chi connectivity index (χ0n) is 7.90. The van der Waals surface area contributed by atoms with Crippen molar-refractivity contribution in [3.8, 4) is 0 Å². The molecular weight excluding hydrogens is 295 g/mol. The fourth-order valence-electron chi connectivity index (χ4n) is 0.924. The third-order valence-corrected chi connectivity index (χ3v) is 1.64. The zero-order chi connectivity index (χ0) is 9.68.